The second kappa shape index (κ2) is 8.29. The molecule has 0 saturated carbocycles. The van der Waals surface area contributed by atoms with Gasteiger partial charge >= 0.3 is 0 Å². The molecule has 0 aliphatic carbocycles. The molecule has 2 aromatic carbocycles. The highest BCUT2D eigenvalue weighted by atomic mass is 35.5. The number of ether oxygens (including phenoxy) is 1. The summed E-state index contributed by atoms with van der Waals surface area (Å²) in [5.74, 6) is -0.341. The molecule has 0 radical (unpaired) electrons. The van der Waals surface area contributed by atoms with Crippen LogP contribution in [0.2, 0.25) is 5.02 Å². The molecule has 5 nitrogen and oxygen atoms in total. The number of thiocarbonyl (C=S) groups is 1. The summed E-state index contributed by atoms with van der Waals surface area (Å²) >= 11 is 11.3. The van der Waals surface area contributed by atoms with Crippen molar-refractivity contribution < 1.29 is 9.53 Å². The van der Waals surface area contributed by atoms with Gasteiger partial charge in [-0.15, -0.1) is 0 Å². The zero-order valence-corrected chi connectivity index (χ0v) is 15.1. The van der Waals surface area contributed by atoms with Gasteiger partial charge in [-0.1, -0.05) is 35.9 Å². The summed E-state index contributed by atoms with van der Waals surface area (Å²) in [6, 6.07) is 14.7. The number of rotatable bonds is 3. The smallest absolute Gasteiger partial charge is 0.258 e. The Morgan fingerprint density at radius 3 is 2.52 bits per heavy atom. The Bertz CT molecular complexity index is 778. The van der Waals surface area contributed by atoms with Crippen LogP contribution in [0.5, 0.6) is 0 Å². The summed E-state index contributed by atoms with van der Waals surface area (Å²) in [5.41, 5.74) is 2.25. The molecule has 1 heterocycles. The van der Waals surface area contributed by atoms with Crippen molar-refractivity contribution >= 4 is 46.2 Å². The van der Waals surface area contributed by atoms with Crippen LogP contribution in [0.15, 0.2) is 48.5 Å². The molecule has 1 aliphatic heterocycles. The van der Waals surface area contributed by atoms with E-state index in [2.05, 4.69) is 15.5 Å². The summed E-state index contributed by atoms with van der Waals surface area (Å²) in [6.45, 7) is 3.03. The zero-order valence-electron chi connectivity index (χ0n) is 13.5. The fraction of sp³-hybridized carbons (Fsp3) is 0.222. The number of nitrogens with one attached hydrogen (secondary N) is 2. The predicted octanol–water partition coefficient (Wildman–Crippen LogP) is 3.30. The van der Waals surface area contributed by atoms with Gasteiger partial charge in [0, 0.05) is 13.1 Å². The Hall–Kier alpha value is -2.15. The van der Waals surface area contributed by atoms with E-state index in [9.17, 15) is 4.79 Å². The highest BCUT2D eigenvalue weighted by Gasteiger charge is 2.16. The van der Waals surface area contributed by atoms with Crippen molar-refractivity contribution in [2.45, 2.75) is 0 Å². The fourth-order valence-corrected chi connectivity index (χ4v) is 3.05. The number of hydrogen-bond donors (Lipinski definition) is 2. The number of carbonyl (C=O) groups excluding carboxylic acids is 1. The maximum Gasteiger partial charge on any atom is 0.258 e. The van der Waals surface area contributed by atoms with Gasteiger partial charge in [0.25, 0.3) is 5.91 Å². The fourth-order valence-electron chi connectivity index (χ4n) is 2.63. The summed E-state index contributed by atoms with van der Waals surface area (Å²) in [5, 5.41) is 6.38. The van der Waals surface area contributed by atoms with E-state index in [-0.39, 0.29) is 11.0 Å². The van der Waals surface area contributed by atoms with Crippen LogP contribution >= 0.6 is 23.8 Å². The number of benzene rings is 2. The number of amides is 1. The van der Waals surface area contributed by atoms with Crippen molar-refractivity contribution in [3.63, 3.8) is 0 Å². The number of para-hydroxylation sites is 2. The lowest BCUT2D eigenvalue weighted by Crippen LogP contribution is -2.38. The first-order valence-electron chi connectivity index (χ1n) is 7.94. The van der Waals surface area contributed by atoms with E-state index in [0.29, 0.717) is 23.8 Å². The lowest BCUT2D eigenvalue weighted by molar-refractivity contribution is 0.0978. The van der Waals surface area contributed by atoms with E-state index < -0.39 is 0 Å². The van der Waals surface area contributed by atoms with Crippen molar-refractivity contribution in [2.75, 3.05) is 36.5 Å². The van der Waals surface area contributed by atoms with Gasteiger partial charge in [0.1, 0.15) is 0 Å². The molecule has 0 unspecified atom stereocenters. The molecule has 0 spiro atoms. The third-order valence-electron chi connectivity index (χ3n) is 3.85. The number of carbonyl (C=O) groups is 1. The number of nitrogens with zero attached hydrogens (tertiary/aromatic N) is 1. The number of hydrogen-bond acceptors (Lipinski definition) is 4. The molecule has 0 atom stereocenters. The molecular formula is C18H18ClN3O2S. The number of anilines is 2. The van der Waals surface area contributed by atoms with Crippen molar-refractivity contribution in [1.82, 2.24) is 5.32 Å². The third-order valence-corrected chi connectivity index (χ3v) is 4.38. The first-order valence-corrected chi connectivity index (χ1v) is 8.72. The molecule has 1 amide bonds. The molecule has 2 N–H and O–H groups in total. The molecule has 2 aromatic rings. The monoisotopic (exact) mass is 375 g/mol. The summed E-state index contributed by atoms with van der Waals surface area (Å²) < 4.78 is 5.40. The third kappa shape index (κ3) is 4.48. The van der Waals surface area contributed by atoms with Gasteiger partial charge in [-0.2, -0.15) is 0 Å². The molecule has 0 aromatic heterocycles. The first kappa shape index (κ1) is 17.7. The molecule has 1 saturated heterocycles. The van der Waals surface area contributed by atoms with Gasteiger partial charge in [0.05, 0.1) is 35.2 Å². The standard InChI is InChI=1S/C18H18ClN3O2S/c19-14-6-2-1-5-13(14)17(23)21-18(25)20-15-7-3-4-8-16(15)22-9-11-24-12-10-22/h1-8H,9-12H2,(H2,20,21,23,25). The Morgan fingerprint density at radius 2 is 1.76 bits per heavy atom. The van der Waals surface area contributed by atoms with Crippen LogP contribution in [0.1, 0.15) is 10.4 Å². The van der Waals surface area contributed by atoms with E-state index >= 15 is 0 Å². The van der Waals surface area contributed by atoms with E-state index in [1.54, 1.807) is 24.3 Å². The van der Waals surface area contributed by atoms with E-state index in [4.69, 9.17) is 28.6 Å². The Morgan fingerprint density at radius 1 is 1.08 bits per heavy atom. The minimum Gasteiger partial charge on any atom is -0.378 e. The van der Waals surface area contributed by atoms with Crippen molar-refractivity contribution in [3.8, 4) is 0 Å². The van der Waals surface area contributed by atoms with Gasteiger partial charge in [-0.3, -0.25) is 10.1 Å². The first-order chi connectivity index (χ1) is 12.1. The van der Waals surface area contributed by atoms with Crippen molar-refractivity contribution in [3.05, 3.63) is 59.1 Å². The second-order valence-corrected chi connectivity index (χ2v) is 6.32. The molecular weight excluding hydrogens is 358 g/mol. The van der Waals surface area contributed by atoms with Gasteiger partial charge in [-0.25, -0.2) is 0 Å². The van der Waals surface area contributed by atoms with Crippen molar-refractivity contribution in [1.29, 1.82) is 0 Å². The average molecular weight is 376 g/mol. The minimum atomic E-state index is -0.341. The lowest BCUT2D eigenvalue weighted by Gasteiger charge is -2.30. The molecule has 0 bridgehead atoms. The molecule has 7 heteroatoms. The maximum atomic E-state index is 12.3. The predicted molar refractivity (Wildman–Crippen MR) is 105 cm³/mol. The van der Waals surface area contributed by atoms with Crippen LogP contribution in [-0.2, 0) is 4.74 Å². The average Bonchev–Trinajstić information content (AvgIpc) is 2.63. The minimum absolute atomic E-state index is 0.227. The quantitative estimate of drug-likeness (QED) is 0.806. The zero-order chi connectivity index (χ0) is 17.6. The van der Waals surface area contributed by atoms with Crippen LogP contribution in [0.25, 0.3) is 0 Å². The van der Waals surface area contributed by atoms with E-state index in [1.807, 2.05) is 24.3 Å². The van der Waals surface area contributed by atoms with Gasteiger partial charge in [-0.05, 0) is 36.5 Å². The molecule has 130 valence electrons. The largest absolute Gasteiger partial charge is 0.378 e. The Kier molecular flexibility index (Phi) is 5.86. The highest BCUT2D eigenvalue weighted by Crippen LogP contribution is 2.26. The maximum absolute atomic E-state index is 12.3. The van der Waals surface area contributed by atoms with E-state index in [0.717, 1.165) is 24.5 Å². The second-order valence-electron chi connectivity index (χ2n) is 5.50. The summed E-state index contributed by atoms with van der Waals surface area (Å²) in [7, 11) is 0. The lowest BCUT2D eigenvalue weighted by atomic mass is 10.2. The summed E-state index contributed by atoms with van der Waals surface area (Å²) in [4.78, 5) is 14.5. The number of halogens is 1. The topological polar surface area (TPSA) is 53.6 Å². The van der Waals surface area contributed by atoms with Crippen LogP contribution < -0.4 is 15.5 Å². The molecule has 1 aliphatic rings. The van der Waals surface area contributed by atoms with Crippen LogP contribution in [0.4, 0.5) is 11.4 Å². The van der Waals surface area contributed by atoms with Crippen LogP contribution in [0.3, 0.4) is 0 Å². The normalized spacial score (nSPS) is 14.0. The van der Waals surface area contributed by atoms with Crippen LogP contribution in [0, 0.1) is 0 Å². The molecule has 3 rings (SSSR count). The molecule has 25 heavy (non-hydrogen) atoms. The Labute approximate surface area is 156 Å². The van der Waals surface area contributed by atoms with Gasteiger partial charge in [0.2, 0.25) is 0 Å². The summed E-state index contributed by atoms with van der Waals surface area (Å²) in [6.07, 6.45) is 0. The Balaban J connectivity index is 1.69. The van der Waals surface area contributed by atoms with Gasteiger partial charge in [0.15, 0.2) is 5.11 Å². The highest BCUT2D eigenvalue weighted by molar-refractivity contribution is 7.80. The van der Waals surface area contributed by atoms with E-state index in [1.165, 1.54) is 0 Å². The molecule has 1 fully saturated rings. The van der Waals surface area contributed by atoms with Crippen LogP contribution in [-0.4, -0.2) is 37.3 Å². The number of morpholine rings is 1. The van der Waals surface area contributed by atoms with Gasteiger partial charge < -0.3 is 15.0 Å². The van der Waals surface area contributed by atoms with Crippen molar-refractivity contribution in [2.24, 2.45) is 0 Å². The SMILES string of the molecule is O=C(NC(=S)Nc1ccccc1N1CCOCC1)c1ccccc1Cl.